The average molecular weight is 542 g/mol. The van der Waals surface area contributed by atoms with Crippen LogP contribution in [0.3, 0.4) is 0 Å². The highest BCUT2D eigenvalue weighted by Gasteiger charge is 2.59. The Kier molecular flexibility index (Phi) is 5.98. The van der Waals surface area contributed by atoms with E-state index in [0.717, 1.165) is 33.0 Å². The van der Waals surface area contributed by atoms with E-state index in [1.165, 1.54) is 0 Å². The Labute approximate surface area is 231 Å². The van der Waals surface area contributed by atoms with Crippen LogP contribution in [0.15, 0.2) is 72.8 Å². The van der Waals surface area contributed by atoms with E-state index in [0.29, 0.717) is 5.75 Å². The highest BCUT2D eigenvalue weighted by Crippen LogP contribution is 2.63. The number of fused-ring (bicyclic) bond motifs is 7. The summed E-state index contributed by atoms with van der Waals surface area (Å²) in [4.78, 5) is 14.0. The molecule has 8 heteroatoms. The normalized spacial score (nSPS) is 35.7. The molecule has 9 atom stereocenters. The molecule has 40 heavy (non-hydrogen) atoms. The van der Waals surface area contributed by atoms with Gasteiger partial charge in [0.15, 0.2) is 12.1 Å². The predicted molar refractivity (Wildman–Crippen MR) is 148 cm³/mol. The summed E-state index contributed by atoms with van der Waals surface area (Å²) in [6.45, 7) is -0.495. The quantitative estimate of drug-likeness (QED) is 0.371. The minimum absolute atomic E-state index is 0.0127. The lowest BCUT2D eigenvalue weighted by molar-refractivity contribution is -0.281. The number of hydrogen-bond donors (Lipinski definition) is 4. The fraction of sp³-hybridized carbons (Fsp3) is 0.344. The number of allylic oxidation sites excluding steroid dienone is 2. The van der Waals surface area contributed by atoms with Gasteiger partial charge in [-0.25, -0.2) is 0 Å². The molecule has 3 aliphatic carbocycles. The Morgan fingerprint density at radius 2 is 1.75 bits per heavy atom. The molecule has 8 nitrogen and oxygen atoms in total. The number of hydrogen-bond acceptors (Lipinski definition) is 8. The van der Waals surface area contributed by atoms with Crippen molar-refractivity contribution in [2.45, 2.75) is 48.1 Å². The molecule has 1 heterocycles. The molecule has 0 saturated carbocycles. The van der Waals surface area contributed by atoms with Crippen LogP contribution in [-0.2, 0) is 19.7 Å². The van der Waals surface area contributed by atoms with Crippen molar-refractivity contribution in [3.63, 3.8) is 0 Å². The second kappa shape index (κ2) is 9.34. The number of aliphatic hydroxyl groups is 3. The van der Waals surface area contributed by atoms with Gasteiger partial charge in [-0.3, -0.25) is 4.79 Å². The second-order valence-electron chi connectivity index (χ2n) is 11.1. The summed E-state index contributed by atoms with van der Waals surface area (Å²) in [5.74, 6) is 0.145. The van der Waals surface area contributed by atoms with Gasteiger partial charge < -0.3 is 35.3 Å². The van der Waals surface area contributed by atoms with Gasteiger partial charge in [0.2, 0.25) is 0 Å². The van der Waals surface area contributed by atoms with Gasteiger partial charge in [0.1, 0.15) is 24.1 Å². The molecule has 1 spiro atoms. The van der Waals surface area contributed by atoms with Crippen molar-refractivity contribution in [1.82, 2.24) is 0 Å². The summed E-state index contributed by atoms with van der Waals surface area (Å²) in [5.41, 5.74) is 9.07. The van der Waals surface area contributed by atoms with Crippen molar-refractivity contribution in [1.29, 1.82) is 0 Å². The van der Waals surface area contributed by atoms with E-state index in [2.05, 4.69) is 18.2 Å². The number of carbonyl (C=O) groups excluding carboxylic acids is 1. The molecule has 4 aliphatic rings. The number of methoxy groups -OCH3 is 1. The smallest absolute Gasteiger partial charge is 0.176 e. The number of nitrogens with two attached hydrogens (primary N) is 1. The molecule has 1 saturated heterocycles. The van der Waals surface area contributed by atoms with Crippen LogP contribution in [0.2, 0.25) is 0 Å². The molecule has 0 radical (unpaired) electrons. The fourth-order valence-electron chi connectivity index (χ4n) is 7.14. The van der Waals surface area contributed by atoms with Crippen LogP contribution >= 0.6 is 0 Å². The third-order valence-electron chi connectivity index (χ3n) is 9.14. The zero-order valence-electron chi connectivity index (χ0n) is 21.9. The first-order valence-corrected chi connectivity index (χ1v) is 13.5. The van der Waals surface area contributed by atoms with Gasteiger partial charge in [-0.2, -0.15) is 0 Å². The molecule has 0 aromatic heterocycles. The summed E-state index contributed by atoms with van der Waals surface area (Å²) in [6, 6.07) is 17.1. The molecule has 0 amide bonds. The molecule has 3 aromatic carbocycles. The molecule has 1 fully saturated rings. The number of carbonyl (C=O) groups is 1. The fourth-order valence-corrected chi connectivity index (χ4v) is 7.14. The summed E-state index contributed by atoms with van der Waals surface area (Å²) in [7, 11) is 1.61. The lowest BCUT2D eigenvalue weighted by Gasteiger charge is -2.42. The van der Waals surface area contributed by atoms with Crippen molar-refractivity contribution in [3.8, 4) is 5.75 Å². The maximum absolute atomic E-state index is 14.0. The van der Waals surface area contributed by atoms with E-state index in [1.54, 1.807) is 13.2 Å². The average Bonchev–Trinajstić information content (AvgIpc) is 3.50. The van der Waals surface area contributed by atoms with Gasteiger partial charge in [0, 0.05) is 11.8 Å². The molecule has 3 aromatic rings. The van der Waals surface area contributed by atoms with Crippen molar-refractivity contribution in [3.05, 3.63) is 95.1 Å². The Bertz CT molecular complexity index is 1560. The van der Waals surface area contributed by atoms with Crippen LogP contribution in [0.4, 0.5) is 0 Å². The Morgan fingerprint density at radius 1 is 1.00 bits per heavy atom. The zero-order valence-corrected chi connectivity index (χ0v) is 21.9. The van der Waals surface area contributed by atoms with Crippen LogP contribution in [-0.4, -0.2) is 65.5 Å². The third kappa shape index (κ3) is 3.51. The van der Waals surface area contributed by atoms with Crippen LogP contribution < -0.4 is 10.5 Å². The van der Waals surface area contributed by atoms with E-state index in [4.69, 9.17) is 19.9 Å². The van der Waals surface area contributed by atoms with E-state index in [-0.39, 0.29) is 17.6 Å². The Hall–Kier alpha value is -3.37. The van der Waals surface area contributed by atoms with Gasteiger partial charge in [0.25, 0.3) is 0 Å². The van der Waals surface area contributed by atoms with Crippen LogP contribution in [0, 0.1) is 5.92 Å². The van der Waals surface area contributed by atoms with Crippen molar-refractivity contribution < 1.29 is 34.3 Å². The van der Waals surface area contributed by atoms with Gasteiger partial charge >= 0.3 is 0 Å². The molecule has 0 bridgehead atoms. The summed E-state index contributed by atoms with van der Waals surface area (Å²) >= 11 is 0. The topological polar surface area (TPSA) is 131 Å². The van der Waals surface area contributed by atoms with Gasteiger partial charge in [-0.15, -0.1) is 0 Å². The largest absolute Gasteiger partial charge is 0.497 e. The standard InChI is InChI=1S/C32H31NO7/c1-38-19-8-6-16-7-9-25(35)32(23(16)14-19)11-10-20-26(32)21-12-17-4-2-3-5-18(17)13-22(21)30(20)40-31-27(33)29(37)28(36)24(15-34)39-31/h2-14,20,24,26-31,34,36-37H,15,33H2,1H3/t20?,24-,26?,27-,28+,29-,30+,31-,32-/m1/s1. The lowest BCUT2D eigenvalue weighted by Crippen LogP contribution is -2.62. The Balaban J connectivity index is 1.38. The summed E-state index contributed by atoms with van der Waals surface area (Å²) < 4.78 is 18.0. The predicted octanol–water partition coefficient (Wildman–Crippen LogP) is 2.49. The van der Waals surface area contributed by atoms with E-state index in [1.807, 2.05) is 54.6 Å². The first kappa shape index (κ1) is 25.6. The SMILES string of the molecule is COc1ccc2c(c1)[C@]1(C=CC3C1c1cc4ccccc4cc1[C@H]3O[C@H]1O[C@H](CO)[C@H](O)[C@H](O)[C@H]1N)C(=O)C=C2. The van der Waals surface area contributed by atoms with E-state index < -0.39 is 48.8 Å². The summed E-state index contributed by atoms with van der Waals surface area (Å²) in [5, 5.41) is 32.7. The highest BCUT2D eigenvalue weighted by atomic mass is 16.7. The first-order valence-electron chi connectivity index (χ1n) is 13.5. The molecule has 5 N–H and O–H groups in total. The van der Waals surface area contributed by atoms with Crippen molar-refractivity contribution in [2.75, 3.05) is 13.7 Å². The number of rotatable bonds is 4. The summed E-state index contributed by atoms with van der Waals surface area (Å²) in [6.07, 6.45) is 2.21. The van der Waals surface area contributed by atoms with Crippen LogP contribution in [0.1, 0.15) is 34.3 Å². The molecular weight excluding hydrogens is 510 g/mol. The minimum Gasteiger partial charge on any atom is -0.497 e. The highest BCUT2D eigenvalue weighted by molar-refractivity contribution is 6.08. The van der Waals surface area contributed by atoms with Gasteiger partial charge in [0.05, 0.1) is 31.3 Å². The van der Waals surface area contributed by atoms with E-state index in [9.17, 15) is 20.1 Å². The number of benzene rings is 3. The minimum atomic E-state index is -1.33. The van der Waals surface area contributed by atoms with Gasteiger partial charge in [-0.05, 0) is 57.3 Å². The van der Waals surface area contributed by atoms with E-state index >= 15 is 0 Å². The number of ketones is 1. The van der Waals surface area contributed by atoms with Crippen molar-refractivity contribution >= 4 is 22.6 Å². The van der Waals surface area contributed by atoms with Crippen LogP contribution in [0.5, 0.6) is 5.75 Å². The second-order valence-corrected chi connectivity index (χ2v) is 11.1. The monoisotopic (exact) mass is 541 g/mol. The maximum atomic E-state index is 14.0. The Morgan fingerprint density at radius 3 is 2.48 bits per heavy atom. The van der Waals surface area contributed by atoms with Crippen LogP contribution in [0.25, 0.3) is 16.8 Å². The molecule has 7 rings (SSSR count). The maximum Gasteiger partial charge on any atom is 0.176 e. The van der Waals surface area contributed by atoms with Gasteiger partial charge in [-0.1, -0.05) is 54.6 Å². The number of ether oxygens (including phenoxy) is 3. The zero-order chi connectivity index (χ0) is 27.8. The lowest BCUT2D eigenvalue weighted by atomic mass is 9.63. The number of aliphatic hydroxyl groups excluding tert-OH is 3. The van der Waals surface area contributed by atoms with Crippen molar-refractivity contribution in [2.24, 2.45) is 11.7 Å². The first-order chi connectivity index (χ1) is 19.4. The molecule has 2 unspecified atom stereocenters. The molecular formula is C32H31NO7. The molecule has 206 valence electrons. The third-order valence-corrected chi connectivity index (χ3v) is 9.14. The molecule has 1 aliphatic heterocycles.